The van der Waals surface area contributed by atoms with Crippen LogP contribution in [0.4, 0.5) is 9.18 Å². The third-order valence-corrected chi connectivity index (χ3v) is 6.05. The van der Waals surface area contributed by atoms with Gasteiger partial charge in [-0.15, -0.1) is 0 Å². The molecule has 1 saturated heterocycles. The van der Waals surface area contributed by atoms with Gasteiger partial charge in [-0.3, -0.25) is 4.79 Å². The van der Waals surface area contributed by atoms with Gasteiger partial charge in [-0.1, -0.05) is 66.7 Å². The molecule has 0 spiro atoms. The summed E-state index contributed by atoms with van der Waals surface area (Å²) >= 11 is 0. The van der Waals surface area contributed by atoms with Gasteiger partial charge < -0.3 is 14.7 Å². The lowest BCUT2D eigenvalue weighted by Gasteiger charge is -2.42. The molecule has 0 aliphatic carbocycles. The van der Waals surface area contributed by atoms with E-state index in [9.17, 15) is 19.1 Å². The van der Waals surface area contributed by atoms with Gasteiger partial charge in [-0.2, -0.15) is 0 Å². The number of carboxylic acids is 1. The number of ether oxygens (including phenoxy) is 1. The number of rotatable bonds is 6. The Morgan fingerprint density at radius 3 is 2.19 bits per heavy atom. The van der Waals surface area contributed by atoms with Gasteiger partial charge in [-0.05, 0) is 41.3 Å². The number of hydrogen-bond acceptors (Lipinski definition) is 3. The Balaban J connectivity index is 1.52. The fourth-order valence-corrected chi connectivity index (χ4v) is 4.21. The van der Waals surface area contributed by atoms with Crippen molar-refractivity contribution in [3.8, 4) is 11.1 Å². The van der Waals surface area contributed by atoms with Crippen molar-refractivity contribution in [2.45, 2.75) is 31.4 Å². The van der Waals surface area contributed by atoms with E-state index in [1.165, 1.54) is 12.1 Å². The molecular weight excluding hydrogens is 409 g/mol. The van der Waals surface area contributed by atoms with Crippen LogP contribution >= 0.6 is 0 Å². The number of halogens is 1. The fraction of sp³-hybridized carbons (Fsp3) is 0.231. The second-order valence-electron chi connectivity index (χ2n) is 8.05. The summed E-state index contributed by atoms with van der Waals surface area (Å²) in [5.74, 6) is -1.29. The molecule has 1 amide bonds. The molecule has 3 aromatic rings. The molecule has 0 aromatic heterocycles. The largest absolute Gasteiger partial charge is 0.481 e. The van der Waals surface area contributed by atoms with E-state index in [2.05, 4.69) is 0 Å². The highest BCUT2D eigenvalue weighted by molar-refractivity contribution is 5.73. The molecule has 4 rings (SSSR count). The van der Waals surface area contributed by atoms with Crippen LogP contribution in [0.2, 0.25) is 0 Å². The lowest BCUT2D eigenvalue weighted by molar-refractivity contribution is -0.146. The first-order valence-electron chi connectivity index (χ1n) is 10.5. The Morgan fingerprint density at radius 2 is 1.62 bits per heavy atom. The molecule has 3 aromatic carbocycles. The SMILES string of the molecule is C[C@@H](c1ccc(-c2ccc(F)cc2)cc1)N1CC[C@](CC(=O)O)(c2ccccc2)OC1=O. The number of carboxylic acid groups (broad SMARTS) is 1. The van der Waals surface area contributed by atoms with Crippen LogP contribution in [0.5, 0.6) is 0 Å². The van der Waals surface area contributed by atoms with Crippen molar-refractivity contribution >= 4 is 12.1 Å². The van der Waals surface area contributed by atoms with Crippen molar-refractivity contribution in [1.82, 2.24) is 4.90 Å². The number of carbonyl (C=O) groups is 2. The summed E-state index contributed by atoms with van der Waals surface area (Å²) in [6.07, 6.45) is -0.429. The highest BCUT2D eigenvalue weighted by Gasteiger charge is 2.45. The third kappa shape index (κ3) is 4.35. The van der Waals surface area contributed by atoms with E-state index < -0.39 is 17.7 Å². The summed E-state index contributed by atoms with van der Waals surface area (Å²) in [5, 5.41) is 9.44. The van der Waals surface area contributed by atoms with Crippen LogP contribution in [0.25, 0.3) is 11.1 Å². The van der Waals surface area contributed by atoms with E-state index in [1.54, 1.807) is 29.2 Å². The molecule has 1 heterocycles. The molecule has 0 unspecified atom stereocenters. The lowest BCUT2D eigenvalue weighted by atomic mass is 9.85. The molecule has 1 N–H and O–H groups in total. The molecule has 0 saturated carbocycles. The maximum atomic E-state index is 13.2. The second kappa shape index (κ2) is 8.83. The van der Waals surface area contributed by atoms with Crippen molar-refractivity contribution in [2.75, 3.05) is 6.54 Å². The van der Waals surface area contributed by atoms with Crippen molar-refractivity contribution < 1.29 is 23.8 Å². The maximum absolute atomic E-state index is 13.2. The van der Waals surface area contributed by atoms with Crippen LogP contribution in [0.3, 0.4) is 0 Å². The summed E-state index contributed by atoms with van der Waals surface area (Å²) < 4.78 is 19.0. The number of hydrogen-bond donors (Lipinski definition) is 1. The Morgan fingerprint density at radius 1 is 1.03 bits per heavy atom. The van der Waals surface area contributed by atoms with Crippen LogP contribution in [0, 0.1) is 5.82 Å². The number of cyclic esters (lactones) is 1. The molecule has 1 aliphatic heterocycles. The van der Waals surface area contributed by atoms with Gasteiger partial charge in [-0.25, -0.2) is 9.18 Å². The number of benzene rings is 3. The average molecular weight is 433 g/mol. The minimum absolute atomic E-state index is 0.247. The van der Waals surface area contributed by atoms with Crippen molar-refractivity contribution in [3.63, 3.8) is 0 Å². The minimum Gasteiger partial charge on any atom is -0.481 e. The number of nitrogens with zero attached hydrogens (tertiary/aromatic N) is 1. The molecule has 0 bridgehead atoms. The Hall–Kier alpha value is -3.67. The average Bonchev–Trinajstić information content (AvgIpc) is 2.79. The lowest BCUT2D eigenvalue weighted by Crippen LogP contribution is -2.49. The topological polar surface area (TPSA) is 66.8 Å². The summed E-state index contributed by atoms with van der Waals surface area (Å²) in [6.45, 7) is 2.29. The zero-order valence-corrected chi connectivity index (χ0v) is 17.7. The van der Waals surface area contributed by atoms with Crippen LogP contribution in [-0.2, 0) is 15.1 Å². The van der Waals surface area contributed by atoms with Crippen LogP contribution in [-0.4, -0.2) is 28.6 Å². The standard InChI is InChI=1S/C26H24FNO4/c1-18(19-7-9-20(10-8-19)21-11-13-23(27)14-12-21)28-16-15-26(17-24(29)30,32-25(28)31)22-5-3-2-4-6-22/h2-14,18H,15-17H2,1H3,(H,29,30)/t18-,26-/m0/s1. The molecule has 0 radical (unpaired) electrons. The zero-order chi connectivity index (χ0) is 22.7. The van der Waals surface area contributed by atoms with E-state index in [-0.39, 0.29) is 18.3 Å². The first kappa shape index (κ1) is 21.6. The Kier molecular flexibility index (Phi) is 5.95. The molecule has 32 heavy (non-hydrogen) atoms. The van der Waals surface area contributed by atoms with Crippen LogP contribution < -0.4 is 0 Å². The van der Waals surface area contributed by atoms with E-state index in [4.69, 9.17) is 4.74 Å². The predicted molar refractivity (Wildman–Crippen MR) is 118 cm³/mol. The summed E-state index contributed by atoms with van der Waals surface area (Å²) in [7, 11) is 0. The van der Waals surface area contributed by atoms with E-state index in [1.807, 2.05) is 49.4 Å². The van der Waals surface area contributed by atoms with Gasteiger partial charge in [0.15, 0.2) is 5.60 Å². The van der Waals surface area contributed by atoms with Gasteiger partial charge in [0.2, 0.25) is 0 Å². The third-order valence-electron chi connectivity index (χ3n) is 6.05. The van der Waals surface area contributed by atoms with Gasteiger partial charge >= 0.3 is 12.1 Å². The summed E-state index contributed by atoms with van der Waals surface area (Å²) in [6, 6.07) is 22.8. The van der Waals surface area contributed by atoms with Gasteiger partial charge in [0, 0.05) is 13.0 Å². The monoisotopic (exact) mass is 433 g/mol. The second-order valence-corrected chi connectivity index (χ2v) is 8.05. The first-order valence-corrected chi connectivity index (χ1v) is 10.5. The molecule has 164 valence electrons. The Labute approximate surface area is 186 Å². The number of carbonyl (C=O) groups excluding carboxylic acids is 1. The van der Waals surface area contributed by atoms with Crippen LogP contribution in [0.15, 0.2) is 78.9 Å². The first-order chi connectivity index (χ1) is 15.4. The molecule has 6 heteroatoms. The molecule has 2 atom stereocenters. The van der Waals surface area contributed by atoms with E-state index in [0.717, 1.165) is 16.7 Å². The van der Waals surface area contributed by atoms with E-state index in [0.29, 0.717) is 18.5 Å². The molecule has 1 aliphatic rings. The van der Waals surface area contributed by atoms with Gasteiger partial charge in [0.05, 0.1) is 12.5 Å². The quantitative estimate of drug-likeness (QED) is 0.536. The van der Waals surface area contributed by atoms with Crippen LogP contribution in [0.1, 0.15) is 36.9 Å². The smallest absolute Gasteiger partial charge is 0.411 e. The van der Waals surface area contributed by atoms with Gasteiger partial charge in [0.25, 0.3) is 0 Å². The normalized spacial score (nSPS) is 19.3. The number of amides is 1. The number of aliphatic carboxylic acids is 1. The summed E-state index contributed by atoms with van der Waals surface area (Å²) in [4.78, 5) is 26.1. The van der Waals surface area contributed by atoms with Crippen molar-refractivity contribution in [1.29, 1.82) is 0 Å². The fourth-order valence-electron chi connectivity index (χ4n) is 4.21. The predicted octanol–water partition coefficient (Wildman–Crippen LogP) is 5.77. The molecule has 1 fully saturated rings. The maximum Gasteiger partial charge on any atom is 0.411 e. The molecule has 5 nitrogen and oxygen atoms in total. The Bertz CT molecular complexity index is 1100. The molecular formula is C26H24FNO4. The minimum atomic E-state index is -1.17. The highest BCUT2D eigenvalue weighted by atomic mass is 19.1. The van der Waals surface area contributed by atoms with Crippen molar-refractivity contribution in [3.05, 3.63) is 95.8 Å². The van der Waals surface area contributed by atoms with E-state index >= 15 is 0 Å². The zero-order valence-electron chi connectivity index (χ0n) is 17.7. The summed E-state index contributed by atoms with van der Waals surface area (Å²) in [5.41, 5.74) is 2.30. The van der Waals surface area contributed by atoms with Gasteiger partial charge in [0.1, 0.15) is 5.82 Å². The highest BCUT2D eigenvalue weighted by Crippen LogP contribution is 2.39. The van der Waals surface area contributed by atoms with Crippen molar-refractivity contribution in [2.24, 2.45) is 0 Å².